The van der Waals surface area contributed by atoms with Crippen LogP contribution in [-0.4, -0.2) is 72.3 Å². The van der Waals surface area contributed by atoms with Crippen molar-refractivity contribution in [2.75, 3.05) is 35.5 Å². The summed E-state index contributed by atoms with van der Waals surface area (Å²) in [5.41, 5.74) is 2.54. The van der Waals surface area contributed by atoms with Crippen molar-refractivity contribution in [3.8, 4) is 28.7 Å². The zero-order chi connectivity index (χ0) is 37.7. The molecule has 2 rings (SSSR count). The zero-order valence-corrected chi connectivity index (χ0v) is 40.5. The molecule has 8 heteroatoms. The van der Waals surface area contributed by atoms with Gasteiger partial charge in [-0.05, 0) is 0 Å². The molecule has 0 spiro atoms. The van der Waals surface area contributed by atoms with Crippen molar-refractivity contribution in [1.82, 2.24) is 0 Å². The topological polar surface area (TPSA) is 55.4 Å². The van der Waals surface area contributed by atoms with E-state index in [0.29, 0.717) is 13.2 Å². The Balaban J connectivity index is 2.83. The van der Waals surface area contributed by atoms with Crippen LogP contribution in [0.5, 0.6) is 28.7 Å². The van der Waals surface area contributed by atoms with Gasteiger partial charge in [0.15, 0.2) is 0 Å². The summed E-state index contributed by atoms with van der Waals surface area (Å²) < 4.78 is 48.6. The van der Waals surface area contributed by atoms with Gasteiger partial charge in [0.2, 0.25) is 0 Å². The third-order valence-electron chi connectivity index (χ3n) is 11.2. The minimum absolute atomic E-state index is 0.518. The van der Waals surface area contributed by atoms with Gasteiger partial charge >= 0.3 is 324 Å². The maximum absolute atomic E-state index is 6.97. The van der Waals surface area contributed by atoms with Crippen LogP contribution in [0, 0.1) is 0 Å². The van der Waals surface area contributed by atoms with Crippen LogP contribution >= 0.6 is 0 Å². The van der Waals surface area contributed by atoms with Crippen LogP contribution in [0.25, 0.3) is 0 Å². The third-order valence-corrected chi connectivity index (χ3v) is 42.8. The Kier molecular flexibility index (Phi) is 22.8. The fourth-order valence-corrected chi connectivity index (χ4v) is 43.4. The molecule has 0 bridgehead atoms. The number of unbranched alkanes of at least 4 members (excludes halogenated alkanes) is 6. The Morgan fingerprint density at radius 3 is 1.14 bits per heavy atom. The second-order valence-electron chi connectivity index (χ2n) is 14.7. The molecule has 0 N–H and O–H groups in total. The van der Waals surface area contributed by atoms with E-state index in [1.807, 2.05) is 14.2 Å². The number of benzene rings is 2. The summed E-state index contributed by atoms with van der Waals surface area (Å²) in [4.78, 5) is 0. The average Bonchev–Trinajstić information content (AvgIpc) is 3.16. The van der Waals surface area contributed by atoms with E-state index >= 15 is 0 Å². The van der Waals surface area contributed by atoms with E-state index in [4.69, 9.17) is 28.4 Å². The van der Waals surface area contributed by atoms with Crippen molar-refractivity contribution < 1.29 is 28.4 Å². The van der Waals surface area contributed by atoms with Crippen LogP contribution in [-0.2, 0) is 18.0 Å². The molecule has 0 aliphatic heterocycles. The van der Waals surface area contributed by atoms with Gasteiger partial charge in [-0.25, -0.2) is 0 Å². The van der Waals surface area contributed by atoms with Gasteiger partial charge in [0.25, 0.3) is 0 Å². The van der Waals surface area contributed by atoms with Crippen molar-refractivity contribution >= 4 is 43.9 Å². The van der Waals surface area contributed by atoms with E-state index in [1.54, 1.807) is 21.3 Å². The van der Waals surface area contributed by atoms with Gasteiger partial charge in [-0.2, -0.15) is 0 Å². The summed E-state index contributed by atoms with van der Waals surface area (Å²) in [6, 6.07) is 6.61. The number of hydrogen-bond donors (Lipinski definition) is 0. The molecule has 6 nitrogen and oxygen atoms in total. The number of hydrogen-bond acceptors (Lipinski definition) is 6. The first-order valence-corrected chi connectivity index (χ1v) is 35.4. The fourth-order valence-electron chi connectivity index (χ4n) is 8.43. The molecular weight excluding hydrogens is 850 g/mol. The standard InChI is InChI=1S/C19H22O6.6C4H9.2Sn/c1-20-15-7-6-13(8-16(15)21-2)11-25-12-14-9-17(22-3)19(24-5)18(10-14)23-4;6*1-3-4-2;;/h6-7,9H,11-12H2,1-5H3;6*1,3-4H2,2H3;;. The summed E-state index contributed by atoms with van der Waals surface area (Å²) in [7, 11) is 8.90. The van der Waals surface area contributed by atoms with Gasteiger partial charge in [0, 0.05) is 0 Å². The van der Waals surface area contributed by atoms with Crippen molar-refractivity contribution in [3.63, 3.8) is 0 Å². The van der Waals surface area contributed by atoms with Gasteiger partial charge in [-0.3, -0.25) is 0 Å². The Bertz CT molecular complexity index is 1220. The molecule has 0 aliphatic rings. The number of rotatable bonds is 29. The predicted octanol–water partition coefficient (Wildman–Crippen LogP) is 11.6. The molecule has 0 amide bonds. The first-order valence-electron chi connectivity index (χ1n) is 20.4. The van der Waals surface area contributed by atoms with E-state index in [1.165, 1.54) is 122 Å². The van der Waals surface area contributed by atoms with Gasteiger partial charge < -0.3 is 0 Å². The minimum atomic E-state index is -3.06. The molecule has 2 aromatic rings. The predicted molar refractivity (Wildman–Crippen MR) is 223 cm³/mol. The Morgan fingerprint density at radius 1 is 0.412 bits per heavy atom. The SMILES string of the molecule is CCC[CH2][Sn]([CH2]CCC)([CH2]CCC)[c]1c(COCc2cc(OC)c(OC)c(OC)[c]2[Sn]([CH2]CCC)([CH2]CCC)[CH2]CCC)ccc(OC)c1OC. The summed E-state index contributed by atoms with van der Waals surface area (Å²) in [6.45, 7) is 15.1. The van der Waals surface area contributed by atoms with Crippen molar-refractivity contribution in [2.45, 2.75) is 158 Å². The van der Waals surface area contributed by atoms with E-state index in [2.05, 4.69) is 59.7 Å². The number of methoxy groups -OCH3 is 5. The summed E-state index contributed by atoms with van der Waals surface area (Å²) in [6.07, 6.45) is 14.9. The molecule has 0 atom stereocenters. The summed E-state index contributed by atoms with van der Waals surface area (Å²) in [5.74, 6) is 4.18. The van der Waals surface area contributed by atoms with Gasteiger partial charge in [0.05, 0.1) is 0 Å². The monoisotopic (exact) mass is 928 g/mol. The van der Waals surface area contributed by atoms with Crippen LogP contribution in [0.3, 0.4) is 0 Å². The second-order valence-corrected chi connectivity index (χ2v) is 40.7. The van der Waals surface area contributed by atoms with E-state index in [9.17, 15) is 0 Å². The van der Waals surface area contributed by atoms with Crippen molar-refractivity contribution in [1.29, 1.82) is 0 Å². The molecule has 0 aromatic heterocycles. The Morgan fingerprint density at radius 2 is 0.784 bits per heavy atom. The van der Waals surface area contributed by atoms with Gasteiger partial charge in [0.1, 0.15) is 0 Å². The van der Waals surface area contributed by atoms with E-state index in [-0.39, 0.29) is 0 Å². The summed E-state index contributed by atoms with van der Waals surface area (Å²) in [5, 5.41) is 0. The van der Waals surface area contributed by atoms with Gasteiger partial charge in [-0.15, -0.1) is 0 Å². The van der Waals surface area contributed by atoms with Gasteiger partial charge in [-0.1, -0.05) is 0 Å². The quantitative estimate of drug-likeness (QED) is 0.0758. The molecule has 0 fully saturated rings. The van der Waals surface area contributed by atoms with Crippen molar-refractivity contribution in [2.24, 2.45) is 0 Å². The maximum atomic E-state index is 6.97. The molecule has 0 saturated heterocycles. The number of ether oxygens (including phenoxy) is 6. The molecule has 0 aliphatic carbocycles. The van der Waals surface area contributed by atoms with Crippen LogP contribution in [0.15, 0.2) is 18.2 Å². The van der Waals surface area contributed by atoms with Crippen LogP contribution < -0.4 is 30.8 Å². The fraction of sp³-hybridized carbons (Fsp3) is 0.721. The van der Waals surface area contributed by atoms with Crippen LogP contribution in [0.2, 0.25) is 26.6 Å². The average molecular weight is 926 g/mol. The first kappa shape index (κ1) is 46.2. The first-order chi connectivity index (χ1) is 24.8. The normalized spacial score (nSPS) is 11.9. The molecule has 0 saturated carbocycles. The van der Waals surface area contributed by atoms with Crippen LogP contribution in [0.4, 0.5) is 0 Å². The molecule has 0 heterocycles. The molecule has 292 valence electrons. The molecule has 2 aromatic carbocycles. The molecule has 51 heavy (non-hydrogen) atoms. The second kappa shape index (κ2) is 25.1. The summed E-state index contributed by atoms with van der Waals surface area (Å²) >= 11 is -6.06. The van der Waals surface area contributed by atoms with E-state index in [0.717, 1.165) is 28.7 Å². The molecule has 0 radical (unpaired) electrons. The Hall–Kier alpha value is -1.00. The Labute approximate surface area is 322 Å². The van der Waals surface area contributed by atoms with Crippen LogP contribution in [0.1, 0.15) is 130 Å². The third kappa shape index (κ3) is 12.2. The van der Waals surface area contributed by atoms with E-state index < -0.39 is 36.8 Å². The molecule has 0 unspecified atom stereocenters. The zero-order valence-electron chi connectivity index (χ0n) is 34.8. The van der Waals surface area contributed by atoms with Crippen molar-refractivity contribution in [3.05, 3.63) is 29.3 Å². The molecular formula is C43H76O6Sn2.